The Morgan fingerprint density at radius 1 is 1.00 bits per heavy atom. The molecule has 13 heavy (non-hydrogen) atoms. The fourth-order valence-electron chi connectivity index (χ4n) is 1.62. The molecule has 0 aromatic heterocycles. The summed E-state index contributed by atoms with van der Waals surface area (Å²) in [5.74, 6) is 0.698. The average Bonchev–Trinajstić information content (AvgIpc) is 2.12. The zero-order valence-electron chi connectivity index (χ0n) is 9.11. The molecule has 0 aliphatic carbocycles. The molecular weight excluding hydrogens is 182 g/mol. The van der Waals surface area contributed by atoms with E-state index in [2.05, 4.69) is 13.8 Å². The average molecular weight is 206 g/mol. The van der Waals surface area contributed by atoms with Crippen LogP contribution in [0.3, 0.4) is 0 Å². The van der Waals surface area contributed by atoms with Crippen LogP contribution in [0.5, 0.6) is 0 Å². The van der Waals surface area contributed by atoms with Crippen molar-refractivity contribution in [2.75, 3.05) is 5.88 Å². The van der Waals surface area contributed by atoms with Gasteiger partial charge in [0.25, 0.3) is 0 Å². The standard InChI is InChI=1S/C11H24ClN/c1-3-5-7-11(13,9-10-12)8-6-4-2/h3-10,13H2,1-2H3. The number of nitrogens with two attached hydrogens (primary N) is 1. The van der Waals surface area contributed by atoms with Gasteiger partial charge in [-0.1, -0.05) is 39.5 Å². The number of halogens is 1. The lowest BCUT2D eigenvalue weighted by Gasteiger charge is -2.28. The summed E-state index contributed by atoms with van der Waals surface area (Å²) >= 11 is 5.76. The molecule has 0 heterocycles. The van der Waals surface area contributed by atoms with E-state index in [-0.39, 0.29) is 5.54 Å². The molecule has 0 saturated carbocycles. The molecule has 0 aliphatic heterocycles. The van der Waals surface area contributed by atoms with Crippen molar-refractivity contribution in [1.29, 1.82) is 0 Å². The van der Waals surface area contributed by atoms with Gasteiger partial charge in [0.05, 0.1) is 0 Å². The molecule has 0 saturated heterocycles. The number of rotatable bonds is 8. The second-order valence-corrected chi connectivity index (χ2v) is 4.39. The van der Waals surface area contributed by atoms with Crippen molar-refractivity contribution in [3.05, 3.63) is 0 Å². The molecular formula is C11H24ClN. The molecule has 0 bridgehead atoms. The van der Waals surface area contributed by atoms with Gasteiger partial charge in [-0.15, -0.1) is 11.6 Å². The van der Waals surface area contributed by atoms with Crippen molar-refractivity contribution in [1.82, 2.24) is 0 Å². The van der Waals surface area contributed by atoms with Gasteiger partial charge in [0, 0.05) is 11.4 Å². The Labute approximate surface area is 88.0 Å². The van der Waals surface area contributed by atoms with E-state index in [9.17, 15) is 0 Å². The van der Waals surface area contributed by atoms with E-state index in [0.29, 0.717) is 5.88 Å². The summed E-state index contributed by atoms with van der Waals surface area (Å²) in [4.78, 5) is 0. The molecule has 2 N–H and O–H groups in total. The fraction of sp³-hybridized carbons (Fsp3) is 1.00. The van der Waals surface area contributed by atoms with Crippen LogP contribution in [0.15, 0.2) is 0 Å². The number of unbranched alkanes of at least 4 members (excludes halogenated alkanes) is 2. The van der Waals surface area contributed by atoms with Crippen LogP contribution in [0, 0.1) is 0 Å². The van der Waals surface area contributed by atoms with Crippen LogP contribution in [-0.2, 0) is 0 Å². The van der Waals surface area contributed by atoms with Gasteiger partial charge in [-0.25, -0.2) is 0 Å². The lowest BCUT2D eigenvalue weighted by molar-refractivity contribution is 0.334. The van der Waals surface area contributed by atoms with Crippen molar-refractivity contribution in [2.24, 2.45) is 5.73 Å². The van der Waals surface area contributed by atoms with Crippen LogP contribution in [0.2, 0.25) is 0 Å². The maximum Gasteiger partial charge on any atom is 0.0240 e. The first-order chi connectivity index (χ1) is 6.18. The Kier molecular flexibility index (Phi) is 7.78. The van der Waals surface area contributed by atoms with E-state index in [1.807, 2.05) is 0 Å². The minimum atomic E-state index is 0.0216. The monoisotopic (exact) mass is 205 g/mol. The van der Waals surface area contributed by atoms with Crippen molar-refractivity contribution in [3.8, 4) is 0 Å². The van der Waals surface area contributed by atoms with Gasteiger partial charge >= 0.3 is 0 Å². The summed E-state index contributed by atoms with van der Waals surface area (Å²) < 4.78 is 0. The summed E-state index contributed by atoms with van der Waals surface area (Å²) in [6, 6.07) is 0. The van der Waals surface area contributed by atoms with Crippen LogP contribution in [0.4, 0.5) is 0 Å². The molecule has 0 aromatic rings. The van der Waals surface area contributed by atoms with Gasteiger partial charge in [0.15, 0.2) is 0 Å². The van der Waals surface area contributed by atoms with Crippen LogP contribution in [0.25, 0.3) is 0 Å². The van der Waals surface area contributed by atoms with Gasteiger partial charge in [-0.2, -0.15) is 0 Å². The molecule has 0 spiro atoms. The summed E-state index contributed by atoms with van der Waals surface area (Å²) in [6.07, 6.45) is 8.16. The lowest BCUT2D eigenvalue weighted by atomic mass is 9.86. The highest BCUT2D eigenvalue weighted by atomic mass is 35.5. The maximum atomic E-state index is 6.30. The first kappa shape index (κ1) is 13.2. The van der Waals surface area contributed by atoms with E-state index < -0.39 is 0 Å². The molecule has 2 heteroatoms. The highest BCUT2D eigenvalue weighted by molar-refractivity contribution is 6.17. The van der Waals surface area contributed by atoms with Crippen LogP contribution in [0.1, 0.15) is 58.8 Å². The molecule has 0 atom stereocenters. The van der Waals surface area contributed by atoms with Gasteiger partial charge < -0.3 is 5.73 Å². The molecule has 0 unspecified atom stereocenters. The normalized spacial score (nSPS) is 12.0. The zero-order valence-corrected chi connectivity index (χ0v) is 9.87. The third-order valence-electron chi connectivity index (χ3n) is 2.65. The Balaban J connectivity index is 3.84. The largest absolute Gasteiger partial charge is 0.325 e. The van der Waals surface area contributed by atoms with Crippen LogP contribution >= 0.6 is 11.6 Å². The molecule has 0 aliphatic rings. The molecule has 0 fully saturated rings. The van der Waals surface area contributed by atoms with Crippen molar-refractivity contribution in [3.63, 3.8) is 0 Å². The molecule has 0 rings (SSSR count). The van der Waals surface area contributed by atoms with E-state index in [1.54, 1.807) is 0 Å². The minimum absolute atomic E-state index is 0.0216. The summed E-state index contributed by atoms with van der Waals surface area (Å²) in [7, 11) is 0. The fourth-order valence-corrected chi connectivity index (χ4v) is 2.00. The first-order valence-corrected chi connectivity index (χ1v) is 6.07. The van der Waals surface area contributed by atoms with Crippen molar-refractivity contribution >= 4 is 11.6 Å². The molecule has 1 nitrogen and oxygen atoms in total. The van der Waals surface area contributed by atoms with Gasteiger partial charge in [-0.3, -0.25) is 0 Å². The third-order valence-corrected chi connectivity index (χ3v) is 2.84. The lowest BCUT2D eigenvalue weighted by Crippen LogP contribution is -2.40. The summed E-state index contributed by atoms with van der Waals surface area (Å²) in [5.41, 5.74) is 6.32. The number of hydrogen-bond acceptors (Lipinski definition) is 1. The number of alkyl halides is 1. The SMILES string of the molecule is CCCCC(N)(CCCl)CCCC. The molecule has 0 aromatic carbocycles. The summed E-state index contributed by atoms with van der Waals surface area (Å²) in [5, 5.41) is 0. The van der Waals surface area contributed by atoms with Crippen LogP contribution in [-0.4, -0.2) is 11.4 Å². The predicted molar refractivity (Wildman–Crippen MR) is 61.3 cm³/mol. The first-order valence-electron chi connectivity index (χ1n) is 5.53. The molecule has 80 valence electrons. The minimum Gasteiger partial charge on any atom is -0.325 e. The highest BCUT2D eigenvalue weighted by Gasteiger charge is 2.22. The van der Waals surface area contributed by atoms with E-state index in [4.69, 9.17) is 17.3 Å². The van der Waals surface area contributed by atoms with Gasteiger partial charge in [0.2, 0.25) is 0 Å². The quantitative estimate of drug-likeness (QED) is 0.601. The maximum absolute atomic E-state index is 6.30. The van der Waals surface area contributed by atoms with Gasteiger partial charge in [0.1, 0.15) is 0 Å². The topological polar surface area (TPSA) is 26.0 Å². The highest BCUT2D eigenvalue weighted by Crippen LogP contribution is 2.22. The van der Waals surface area contributed by atoms with Crippen molar-refractivity contribution < 1.29 is 0 Å². The molecule has 0 radical (unpaired) electrons. The zero-order chi connectivity index (χ0) is 10.2. The van der Waals surface area contributed by atoms with Gasteiger partial charge in [-0.05, 0) is 19.3 Å². The smallest absolute Gasteiger partial charge is 0.0240 e. The second kappa shape index (κ2) is 7.64. The van der Waals surface area contributed by atoms with E-state index >= 15 is 0 Å². The predicted octanol–water partition coefficient (Wildman–Crippen LogP) is 3.69. The Hall–Kier alpha value is 0.250. The van der Waals surface area contributed by atoms with E-state index in [1.165, 1.54) is 25.7 Å². The Morgan fingerprint density at radius 2 is 1.46 bits per heavy atom. The molecule has 0 amide bonds. The Bertz CT molecular complexity index is 107. The number of hydrogen-bond donors (Lipinski definition) is 1. The van der Waals surface area contributed by atoms with Crippen LogP contribution < -0.4 is 5.73 Å². The third kappa shape index (κ3) is 6.34. The van der Waals surface area contributed by atoms with Crippen molar-refractivity contribution in [2.45, 2.75) is 64.3 Å². The second-order valence-electron chi connectivity index (χ2n) is 4.01. The van der Waals surface area contributed by atoms with E-state index in [0.717, 1.165) is 19.3 Å². The Morgan fingerprint density at radius 3 is 1.77 bits per heavy atom. The summed E-state index contributed by atoms with van der Waals surface area (Å²) in [6.45, 7) is 4.42.